The van der Waals surface area contributed by atoms with E-state index in [-0.39, 0.29) is 16.4 Å². The van der Waals surface area contributed by atoms with Gasteiger partial charge in [-0.05, 0) is 23.8 Å². The summed E-state index contributed by atoms with van der Waals surface area (Å²) in [6.07, 6.45) is -4.41. The molecule has 0 aliphatic carbocycles. The van der Waals surface area contributed by atoms with Gasteiger partial charge in [0.25, 0.3) is 5.91 Å². The number of nitrogens with one attached hydrogen (secondary N) is 1. The monoisotopic (exact) mass is 425 g/mol. The van der Waals surface area contributed by atoms with Gasteiger partial charge in [0.05, 0.1) is 18.2 Å². The van der Waals surface area contributed by atoms with Crippen molar-refractivity contribution >= 4 is 34.1 Å². The quantitative estimate of drug-likeness (QED) is 0.439. The zero-order valence-corrected chi connectivity index (χ0v) is 16.1. The fourth-order valence-electron chi connectivity index (χ4n) is 2.38. The Morgan fingerprint density at radius 3 is 2.61 bits per heavy atom. The summed E-state index contributed by atoms with van der Waals surface area (Å²) >= 11 is 2.21. The number of hydrogen-bond donors (Lipinski definition) is 1. The predicted molar refractivity (Wildman–Crippen MR) is 102 cm³/mol. The Morgan fingerprint density at radius 1 is 1.14 bits per heavy atom. The van der Waals surface area contributed by atoms with E-state index < -0.39 is 17.6 Å². The Kier molecular flexibility index (Phi) is 6.20. The minimum absolute atomic E-state index is 0.0881. The highest BCUT2D eigenvalue weighted by Crippen LogP contribution is 2.35. The topological polar surface area (TPSA) is 64.1 Å². The van der Waals surface area contributed by atoms with Crippen molar-refractivity contribution in [2.24, 2.45) is 0 Å². The lowest BCUT2D eigenvalue weighted by Gasteiger charge is -2.11. The number of ether oxygens (including phenoxy) is 1. The average Bonchev–Trinajstić information content (AvgIpc) is 3.13. The van der Waals surface area contributed by atoms with E-state index in [2.05, 4.69) is 15.5 Å². The first-order valence-corrected chi connectivity index (χ1v) is 9.74. The van der Waals surface area contributed by atoms with Gasteiger partial charge in [0.2, 0.25) is 5.13 Å². The maximum Gasteiger partial charge on any atom is 0.416 e. The summed E-state index contributed by atoms with van der Waals surface area (Å²) in [6, 6.07) is 12.1. The number of hydrogen-bond acceptors (Lipinski definition) is 6. The molecule has 0 fully saturated rings. The average molecular weight is 425 g/mol. The lowest BCUT2D eigenvalue weighted by molar-refractivity contribution is -0.138. The summed E-state index contributed by atoms with van der Waals surface area (Å²) in [5.74, 6) is 0.0977. The number of nitrogens with zero attached hydrogens (tertiary/aromatic N) is 2. The van der Waals surface area contributed by atoms with Crippen molar-refractivity contribution in [3.05, 3.63) is 65.2 Å². The van der Waals surface area contributed by atoms with Crippen LogP contribution in [-0.4, -0.2) is 23.2 Å². The zero-order chi connectivity index (χ0) is 20.1. The number of alkyl halides is 3. The highest BCUT2D eigenvalue weighted by atomic mass is 32.2. The Hall–Kier alpha value is -2.59. The second-order valence-corrected chi connectivity index (χ2v) is 7.67. The van der Waals surface area contributed by atoms with Gasteiger partial charge < -0.3 is 4.74 Å². The molecule has 3 aromatic rings. The summed E-state index contributed by atoms with van der Waals surface area (Å²) in [7, 11) is 1.46. The van der Waals surface area contributed by atoms with Crippen LogP contribution in [-0.2, 0) is 11.9 Å². The summed E-state index contributed by atoms with van der Waals surface area (Å²) < 4.78 is 44.8. The van der Waals surface area contributed by atoms with E-state index in [1.54, 1.807) is 30.3 Å². The first-order valence-electron chi connectivity index (χ1n) is 7.94. The number of carbonyl (C=O) groups is 1. The van der Waals surface area contributed by atoms with Crippen LogP contribution in [0.5, 0.6) is 5.75 Å². The highest BCUT2D eigenvalue weighted by Gasteiger charge is 2.32. The Bertz CT molecular complexity index is 976. The molecule has 0 spiro atoms. The van der Waals surface area contributed by atoms with Crippen molar-refractivity contribution in [3.63, 3.8) is 0 Å². The third-order valence-corrected chi connectivity index (χ3v) is 5.67. The summed E-state index contributed by atoms with van der Waals surface area (Å²) in [5.41, 5.74) is -0.167. The number of rotatable bonds is 6. The largest absolute Gasteiger partial charge is 0.496 e. The van der Waals surface area contributed by atoms with Gasteiger partial charge in [-0.2, -0.15) is 13.2 Å². The van der Waals surface area contributed by atoms with Crippen molar-refractivity contribution in [1.82, 2.24) is 10.2 Å². The molecule has 3 rings (SSSR count). The minimum Gasteiger partial charge on any atom is -0.496 e. The maximum absolute atomic E-state index is 13.1. The molecule has 0 aliphatic heterocycles. The SMILES string of the molecule is COc1ccccc1C(=O)Nc1nnc(SCc2ccccc2C(F)(F)F)s1. The standard InChI is InChI=1S/C18H14F3N3O2S2/c1-26-14-9-5-3-7-12(14)15(25)22-16-23-24-17(28-16)27-10-11-6-2-4-8-13(11)18(19,20)21/h2-9H,10H2,1H3,(H,22,23,25). The van der Waals surface area contributed by atoms with Gasteiger partial charge in [-0.15, -0.1) is 10.2 Å². The molecule has 1 amide bonds. The third-order valence-electron chi connectivity index (χ3n) is 3.65. The fourth-order valence-corrected chi connectivity index (χ4v) is 4.13. The summed E-state index contributed by atoms with van der Waals surface area (Å²) in [4.78, 5) is 12.4. The van der Waals surface area contributed by atoms with Gasteiger partial charge in [0.15, 0.2) is 4.34 Å². The number of para-hydroxylation sites is 1. The van der Waals surface area contributed by atoms with Crippen molar-refractivity contribution < 1.29 is 22.7 Å². The van der Waals surface area contributed by atoms with Gasteiger partial charge in [-0.1, -0.05) is 53.4 Å². The van der Waals surface area contributed by atoms with E-state index in [9.17, 15) is 18.0 Å². The Labute approximate surface area is 166 Å². The summed E-state index contributed by atoms with van der Waals surface area (Å²) in [5, 5.41) is 10.7. The normalized spacial score (nSPS) is 11.3. The molecule has 5 nitrogen and oxygen atoms in total. The van der Waals surface area contributed by atoms with Crippen molar-refractivity contribution in [2.75, 3.05) is 12.4 Å². The lowest BCUT2D eigenvalue weighted by atomic mass is 10.1. The number of amides is 1. The molecule has 0 unspecified atom stereocenters. The van der Waals surface area contributed by atoms with E-state index in [4.69, 9.17) is 4.74 Å². The van der Waals surface area contributed by atoms with Crippen LogP contribution < -0.4 is 10.1 Å². The molecule has 0 saturated heterocycles. The molecule has 146 valence electrons. The smallest absolute Gasteiger partial charge is 0.416 e. The molecule has 2 aromatic carbocycles. The van der Waals surface area contributed by atoms with Gasteiger partial charge >= 0.3 is 6.18 Å². The Morgan fingerprint density at radius 2 is 1.86 bits per heavy atom. The second kappa shape index (κ2) is 8.61. The van der Waals surface area contributed by atoms with E-state index in [1.165, 1.54) is 19.2 Å². The molecule has 1 heterocycles. The van der Waals surface area contributed by atoms with Gasteiger partial charge in [0, 0.05) is 5.75 Å². The van der Waals surface area contributed by atoms with Crippen LogP contribution in [0.2, 0.25) is 0 Å². The van der Waals surface area contributed by atoms with Crippen molar-refractivity contribution in [1.29, 1.82) is 0 Å². The van der Waals surface area contributed by atoms with Crippen LogP contribution in [0.4, 0.5) is 18.3 Å². The number of anilines is 1. The molecule has 10 heteroatoms. The van der Waals surface area contributed by atoms with Gasteiger partial charge in [0.1, 0.15) is 5.75 Å². The third kappa shape index (κ3) is 4.82. The number of thioether (sulfide) groups is 1. The second-order valence-electron chi connectivity index (χ2n) is 5.47. The van der Waals surface area contributed by atoms with Crippen LogP contribution >= 0.6 is 23.1 Å². The molecule has 0 atom stereocenters. The zero-order valence-electron chi connectivity index (χ0n) is 14.5. The molecule has 0 aliphatic rings. The number of methoxy groups -OCH3 is 1. The summed E-state index contributed by atoms with van der Waals surface area (Å²) in [6.45, 7) is 0. The van der Waals surface area contributed by atoms with Gasteiger partial charge in [-0.3, -0.25) is 10.1 Å². The van der Waals surface area contributed by atoms with Crippen LogP contribution in [0.25, 0.3) is 0 Å². The van der Waals surface area contributed by atoms with E-state index in [0.29, 0.717) is 15.7 Å². The van der Waals surface area contributed by atoms with Crippen LogP contribution in [0.3, 0.4) is 0 Å². The first-order chi connectivity index (χ1) is 13.4. The molecule has 1 aromatic heterocycles. The van der Waals surface area contributed by atoms with E-state index in [0.717, 1.165) is 29.2 Å². The molecule has 28 heavy (non-hydrogen) atoms. The van der Waals surface area contributed by atoms with Crippen LogP contribution in [0.1, 0.15) is 21.5 Å². The van der Waals surface area contributed by atoms with E-state index in [1.807, 2.05) is 0 Å². The highest BCUT2D eigenvalue weighted by molar-refractivity contribution is 8.00. The maximum atomic E-state index is 13.1. The number of benzene rings is 2. The molecule has 0 saturated carbocycles. The van der Waals surface area contributed by atoms with E-state index >= 15 is 0 Å². The van der Waals surface area contributed by atoms with Gasteiger partial charge in [-0.25, -0.2) is 0 Å². The first kappa shape index (κ1) is 20.2. The number of aromatic nitrogens is 2. The Balaban J connectivity index is 1.66. The van der Waals surface area contributed by atoms with Crippen LogP contribution in [0.15, 0.2) is 52.9 Å². The molecular formula is C18H14F3N3O2S2. The lowest BCUT2D eigenvalue weighted by Crippen LogP contribution is -2.12. The molecular weight excluding hydrogens is 411 g/mol. The molecule has 1 N–H and O–H groups in total. The minimum atomic E-state index is -4.41. The number of halogens is 3. The fraction of sp³-hybridized carbons (Fsp3) is 0.167. The molecule has 0 bridgehead atoms. The predicted octanol–water partition coefficient (Wildman–Crippen LogP) is 5.11. The molecule has 0 radical (unpaired) electrons. The number of carbonyl (C=O) groups excluding carboxylic acids is 1. The van der Waals surface area contributed by atoms with Crippen molar-refractivity contribution in [3.8, 4) is 5.75 Å². The van der Waals surface area contributed by atoms with Crippen molar-refractivity contribution in [2.45, 2.75) is 16.3 Å². The van der Waals surface area contributed by atoms with Crippen LogP contribution in [0, 0.1) is 0 Å².